The quantitative estimate of drug-likeness (QED) is 0.594. The minimum Gasteiger partial charge on any atom is -0.300 e. The Morgan fingerprint density at radius 3 is 2.85 bits per heavy atom. The van der Waals surface area contributed by atoms with E-state index in [0.717, 1.165) is 12.3 Å². The van der Waals surface area contributed by atoms with Gasteiger partial charge in [0.05, 0.1) is 0 Å². The van der Waals surface area contributed by atoms with Crippen LogP contribution in [0.4, 0.5) is 0 Å². The maximum absolute atomic E-state index is 11.4. The standard InChI is InChI=1S/C12H18O/c1-3-12-7-5-4-6-10(12)8-11(12)9(2)13/h3,10-11H,1,4-8H2,2H3. The first-order valence-electron chi connectivity index (χ1n) is 5.35. The number of carbonyl (C=O) groups excluding carboxylic acids is 1. The summed E-state index contributed by atoms with van der Waals surface area (Å²) in [5.74, 6) is 1.45. The van der Waals surface area contributed by atoms with Crippen molar-refractivity contribution in [2.45, 2.75) is 39.0 Å². The summed E-state index contributed by atoms with van der Waals surface area (Å²) < 4.78 is 0. The molecule has 2 saturated carbocycles. The summed E-state index contributed by atoms with van der Waals surface area (Å²) in [5.41, 5.74) is 0.212. The smallest absolute Gasteiger partial charge is 0.133 e. The third kappa shape index (κ3) is 1.09. The van der Waals surface area contributed by atoms with Crippen LogP contribution in [0, 0.1) is 17.3 Å². The second-order valence-corrected chi connectivity index (χ2v) is 4.66. The third-order valence-electron chi connectivity index (χ3n) is 4.21. The van der Waals surface area contributed by atoms with Crippen LogP contribution < -0.4 is 0 Å². The first-order chi connectivity index (χ1) is 6.20. The average Bonchev–Trinajstić information content (AvgIpc) is 2.07. The molecule has 2 aliphatic carbocycles. The van der Waals surface area contributed by atoms with Crippen LogP contribution in [0.3, 0.4) is 0 Å². The van der Waals surface area contributed by atoms with E-state index in [4.69, 9.17) is 0 Å². The fourth-order valence-electron chi connectivity index (χ4n) is 3.39. The molecule has 0 spiro atoms. The van der Waals surface area contributed by atoms with E-state index < -0.39 is 0 Å². The lowest BCUT2D eigenvalue weighted by Gasteiger charge is -2.56. The van der Waals surface area contributed by atoms with Crippen LogP contribution in [-0.4, -0.2) is 5.78 Å². The monoisotopic (exact) mass is 178 g/mol. The Hall–Kier alpha value is -0.590. The van der Waals surface area contributed by atoms with Gasteiger partial charge in [0.25, 0.3) is 0 Å². The van der Waals surface area contributed by atoms with Crippen molar-refractivity contribution in [2.24, 2.45) is 17.3 Å². The van der Waals surface area contributed by atoms with Gasteiger partial charge >= 0.3 is 0 Å². The van der Waals surface area contributed by atoms with Crippen LogP contribution in [0.5, 0.6) is 0 Å². The number of hydrogen-bond donors (Lipinski definition) is 0. The van der Waals surface area contributed by atoms with Gasteiger partial charge in [-0.3, -0.25) is 4.79 Å². The summed E-state index contributed by atoms with van der Waals surface area (Å²) in [6.07, 6.45) is 8.35. The first kappa shape index (κ1) is 8.98. The van der Waals surface area contributed by atoms with Crippen LogP contribution >= 0.6 is 0 Å². The van der Waals surface area contributed by atoms with Gasteiger partial charge in [-0.05, 0) is 32.1 Å². The summed E-state index contributed by atoms with van der Waals surface area (Å²) in [6, 6.07) is 0. The molecule has 0 N–H and O–H groups in total. The molecule has 0 aromatic rings. The average molecular weight is 178 g/mol. The van der Waals surface area contributed by atoms with E-state index in [1.165, 1.54) is 25.7 Å². The van der Waals surface area contributed by atoms with Gasteiger partial charge in [0.2, 0.25) is 0 Å². The molecular weight excluding hydrogens is 160 g/mol. The molecule has 0 aromatic carbocycles. The van der Waals surface area contributed by atoms with E-state index in [-0.39, 0.29) is 5.41 Å². The molecule has 0 radical (unpaired) electrons. The summed E-state index contributed by atoms with van der Waals surface area (Å²) in [6.45, 7) is 5.68. The van der Waals surface area contributed by atoms with E-state index >= 15 is 0 Å². The highest BCUT2D eigenvalue weighted by Crippen LogP contribution is 2.60. The van der Waals surface area contributed by atoms with Crippen molar-refractivity contribution in [1.29, 1.82) is 0 Å². The number of allylic oxidation sites excluding steroid dienone is 1. The largest absolute Gasteiger partial charge is 0.300 e. The molecule has 72 valence electrons. The Labute approximate surface area is 80.2 Å². The number of hydrogen-bond acceptors (Lipinski definition) is 1. The Kier molecular flexibility index (Phi) is 2.05. The van der Waals surface area contributed by atoms with E-state index in [0.29, 0.717) is 11.7 Å². The second kappa shape index (κ2) is 2.97. The Balaban J connectivity index is 2.20. The van der Waals surface area contributed by atoms with Crippen molar-refractivity contribution in [3.63, 3.8) is 0 Å². The third-order valence-corrected chi connectivity index (χ3v) is 4.21. The Morgan fingerprint density at radius 2 is 2.31 bits per heavy atom. The summed E-state index contributed by atoms with van der Waals surface area (Å²) in [5, 5.41) is 0. The van der Waals surface area contributed by atoms with E-state index in [2.05, 4.69) is 12.7 Å². The topological polar surface area (TPSA) is 17.1 Å². The zero-order chi connectivity index (χ0) is 9.47. The minimum absolute atomic E-state index is 0.212. The molecule has 1 nitrogen and oxygen atoms in total. The van der Waals surface area contributed by atoms with Gasteiger partial charge in [-0.1, -0.05) is 18.9 Å². The molecular formula is C12H18O. The van der Waals surface area contributed by atoms with Gasteiger partial charge in [-0.25, -0.2) is 0 Å². The van der Waals surface area contributed by atoms with Crippen molar-refractivity contribution in [1.82, 2.24) is 0 Å². The van der Waals surface area contributed by atoms with Crippen molar-refractivity contribution < 1.29 is 4.79 Å². The lowest BCUT2D eigenvalue weighted by atomic mass is 9.47. The molecule has 0 aliphatic heterocycles. The molecule has 0 saturated heterocycles. The van der Waals surface area contributed by atoms with Crippen LogP contribution in [0.25, 0.3) is 0 Å². The number of fused-ring (bicyclic) bond motifs is 1. The lowest BCUT2D eigenvalue weighted by Crippen LogP contribution is -2.52. The zero-order valence-electron chi connectivity index (χ0n) is 8.38. The molecule has 0 amide bonds. The van der Waals surface area contributed by atoms with Gasteiger partial charge < -0.3 is 0 Å². The van der Waals surface area contributed by atoms with Crippen LogP contribution in [0.2, 0.25) is 0 Å². The second-order valence-electron chi connectivity index (χ2n) is 4.66. The number of rotatable bonds is 2. The molecule has 2 aliphatic rings. The molecule has 3 atom stereocenters. The van der Waals surface area contributed by atoms with Crippen LogP contribution in [-0.2, 0) is 4.79 Å². The van der Waals surface area contributed by atoms with E-state index in [1.54, 1.807) is 6.92 Å². The van der Waals surface area contributed by atoms with Gasteiger partial charge in [0, 0.05) is 11.3 Å². The zero-order valence-corrected chi connectivity index (χ0v) is 8.38. The Morgan fingerprint density at radius 1 is 1.54 bits per heavy atom. The summed E-state index contributed by atoms with van der Waals surface area (Å²) in [4.78, 5) is 11.4. The molecule has 0 bridgehead atoms. The summed E-state index contributed by atoms with van der Waals surface area (Å²) in [7, 11) is 0. The molecule has 0 aromatic heterocycles. The highest BCUT2D eigenvalue weighted by atomic mass is 16.1. The fourth-order valence-corrected chi connectivity index (χ4v) is 3.39. The number of carbonyl (C=O) groups is 1. The number of Topliss-reactive ketones (excluding diaryl/α,β-unsaturated/α-hetero) is 1. The van der Waals surface area contributed by atoms with Gasteiger partial charge in [-0.15, -0.1) is 6.58 Å². The SMILES string of the molecule is C=CC12CCCCC1CC2C(C)=O. The van der Waals surface area contributed by atoms with Gasteiger partial charge in [0.1, 0.15) is 5.78 Å². The predicted molar refractivity (Wildman–Crippen MR) is 53.4 cm³/mol. The van der Waals surface area contributed by atoms with E-state index in [1.807, 2.05) is 0 Å². The normalized spacial score (nSPS) is 43.2. The van der Waals surface area contributed by atoms with Crippen LogP contribution in [0.1, 0.15) is 39.0 Å². The fraction of sp³-hybridized carbons (Fsp3) is 0.750. The molecule has 2 rings (SSSR count). The maximum atomic E-state index is 11.4. The molecule has 13 heavy (non-hydrogen) atoms. The highest BCUT2D eigenvalue weighted by Gasteiger charge is 2.54. The van der Waals surface area contributed by atoms with Crippen molar-refractivity contribution >= 4 is 5.78 Å². The first-order valence-corrected chi connectivity index (χ1v) is 5.35. The molecule has 3 unspecified atom stereocenters. The van der Waals surface area contributed by atoms with Gasteiger partial charge in [-0.2, -0.15) is 0 Å². The summed E-state index contributed by atoms with van der Waals surface area (Å²) >= 11 is 0. The van der Waals surface area contributed by atoms with E-state index in [9.17, 15) is 4.79 Å². The number of ketones is 1. The van der Waals surface area contributed by atoms with Crippen LogP contribution in [0.15, 0.2) is 12.7 Å². The maximum Gasteiger partial charge on any atom is 0.133 e. The minimum atomic E-state index is 0.212. The van der Waals surface area contributed by atoms with Crippen molar-refractivity contribution in [2.75, 3.05) is 0 Å². The lowest BCUT2D eigenvalue weighted by molar-refractivity contribution is -0.138. The molecule has 1 heteroatoms. The molecule has 2 fully saturated rings. The van der Waals surface area contributed by atoms with Crippen molar-refractivity contribution in [3.05, 3.63) is 12.7 Å². The van der Waals surface area contributed by atoms with Crippen molar-refractivity contribution in [3.8, 4) is 0 Å². The van der Waals surface area contributed by atoms with Gasteiger partial charge in [0.15, 0.2) is 0 Å². The molecule has 0 heterocycles. The predicted octanol–water partition coefficient (Wildman–Crippen LogP) is 2.96. The Bertz CT molecular complexity index is 244. The highest BCUT2D eigenvalue weighted by molar-refractivity contribution is 5.80.